The molecule has 0 saturated carbocycles. The average molecular weight is 217 g/mol. The highest BCUT2D eigenvalue weighted by Crippen LogP contribution is 2.18. The summed E-state index contributed by atoms with van der Waals surface area (Å²) in [5.41, 5.74) is 2.72. The fourth-order valence-corrected chi connectivity index (χ4v) is 1.78. The van der Waals surface area contributed by atoms with E-state index in [-0.39, 0.29) is 5.56 Å². The van der Waals surface area contributed by atoms with Crippen LogP contribution in [0.25, 0.3) is 11.3 Å². The third-order valence-electron chi connectivity index (χ3n) is 2.56. The molecule has 84 valence electrons. The van der Waals surface area contributed by atoms with E-state index in [1.165, 1.54) is 4.68 Å². The number of H-pyrrole nitrogens is 1. The number of aryl methyl sites for hydroxylation is 1. The fraction of sp³-hybridized carbons (Fsp3) is 0.250. The van der Waals surface area contributed by atoms with Gasteiger partial charge < -0.3 is 5.32 Å². The summed E-state index contributed by atoms with van der Waals surface area (Å²) < 4.78 is 1.51. The lowest BCUT2D eigenvalue weighted by Gasteiger charge is -2.01. The largest absolute Gasteiger partial charge is 0.315 e. The lowest BCUT2D eigenvalue weighted by molar-refractivity contribution is 0.734. The third kappa shape index (κ3) is 1.79. The van der Waals surface area contributed by atoms with Crippen molar-refractivity contribution >= 4 is 0 Å². The van der Waals surface area contributed by atoms with Gasteiger partial charge in [-0.05, 0) is 12.6 Å². The Morgan fingerprint density at radius 1 is 1.31 bits per heavy atom. The Kier molecular flexibility index (Phi) is 2.92. The van der Waals surface area contributed by atoms with Gasteiger partial charge in [0, 0.05) is 13.6 Å². The summed E-state index contributed by atoms with van der Waals surface area (Å²) in [6.07, 6.45) is 0. The van der Waals surface area contributed by atoms with Gasteiger partial charge in [-0.25, -0.2) is 0 Å². The third-order valence-corrected chi connectivity index (χ3v) is 2.56. The maximum atomic E-state index is 11.8. The number of rotatable bonds is 3. The Hall–Kier alpha value is -1.81. The number of hydrogen-bond acceptors (Lipinski definition) is 2. The zero-order chi connectivity index (χ0) is 11.5. The number of benzene rings is 1. The molecule has 2 rings (SSSR count). The van der Waals surface area contributed by atoms with Crippen LogP contribution in [-0.4, -0.2) is 16.8 Å². The van der Waals surface area contributed by atoms with E-state index < -0.39 is 0 Å². The highest BCUT2D eigenvalue weighted by Gasteiger charge is 2.12. The molecular weight excluding hydrogens is 202 g/mol. The molecule has 0 aliphatic carbocycles. The predicted molar refractivity (Wildman–Crippen MR) is 64.2 cm³/mol. The number of aromatic nitrogens is 2. The summed E-state index contributed by atoms with van der Waals surface area (Å²) in [6.45, 7) is 0.570. The Morgan fingerprint density at radius 3 is 2.62 bits per heavy atom. The molecule has 0 fully saturated rings. The summed E-state index contributed by atoms with van der Waals surface area (Å²) in [5, 5.41) is 6.09. The van der Waals surface area contributed by atoms with Gasteiger partial charge in [-0.15, -0.1) is 0 Å². The minimum Gasteiger partial charge on any atom is -0.315 e. The molecule has 0 radical (unpaired) electrons. The normalized spacial score (nSPS) is 10.6. The quantitative estimate of drug-likeness (QED) is 0.809. The van der Waals surface area contributed by atoms with Gasteiger partial charge in [0.25, 0.3) is 5.56 Å². The van der Waals surface area contributed by atoms with Crippen molar-refractivity contribution in [3.63, 3.8) is 0 Å². The number of nitrogens with zero attached hydrogens (tertiary/aromatic N) is 1. The van der Waals surface area contributed by atoms with Gasteiger partial charge in [0.05, 0.1) is 11.3 Å². The highest BCUT2D eigenvalue weighted by molar-refractivity contribution is 5.62. The van der Waals surface area contributed by atoms with Gasteiger partial charge in [0.2, 0.25) is 0 Å². The van der Waals surface area contributed by atoms with E-state index in [0.29, 0.717) is 6.54 Å². The molecule has 1 aromatic carbocycles. The lowest BCUT2D eigenvalue weighted by atomic mass is 10.1. The van der Waals surface area contributed by atoms with Crippen molar-refractivity contribution in [3.05, 3.63) is 46.2 Å². The van der Waals surface area contributed by atoms with Crippen LogP contribution in [0.1, 0.15) is 5.56 Å². The van der Waals surface area contributed by atoms with Crippen molar-refractivity contribution in [1.82, 2.24) is 15.1 Å². The minimum absolute atomic E-state index is 0.0215. The van der Waals surface area contributed by atoms with Crippen LogP contribution in [0.15, 0.2) is 35.1 Å². The van der Waals surface area contributed by atoms with Crippen molar-refractivity contribution in [2.75, 3.05) is 7.05 Å². The van der Waals surface area contributed by atoms with Crippen molar-refractivity contribution in [3.8, 4) is 11.3 Å². The maximum absolute atomic E-state index is 11.8. The molecule has 16 heavy (non-hydrogen) atoms. The summed E-state index contributed by atoms with van der Waals surface area (Å²) >= 11 is 0. The van der Waals surface area contributed by atoms with Gasteiger partial charge in [0.15, 0.2) is 0 Å². The number of aromatic amines is 1. The van der Waals surface area contributed by atoms with Crippen molar-refractivity contribution < 1.29 is 0 Å². The smallest absolute Gasteiger partial charge is 0.271 e. The first-order valence-corrected chi connectivity index (χ1v) is 5.22. The molecule has 0 atom stereocenters. The summed E-state index contributed by atoms with van der Waals surface area (Å²) in [6, 6.07) is 9.87. The molecule has 0 bridgehead atoms. The van der Waals surface area contributed by atoms with E-state index in [9.17, 15) is 4.79 Å². The van der Waals surface area contributed by atoms with Crippen LogP contribution < -0.4 is 10.9 Å². The predicted octanol–water partition coefficient (Wildman–Crippen LogP) is 1.10. The molecule has 0 unspecified atom stereocenters. The van der Waals surface area contributed by atoms with E-state index in [0.717, 1.165) is 16.8 Å². The monoisotopic (exact) mass is 217 g/mol. The summed E-state index contributed by atoms with van der Waals surface area (Å²) in [4.78, 5) is 11.8. The SMILES string of the molecule is CNCc1c(-c2ccccc2)[nH]n(C)c1=O. The van der Waals surface area contributed by atoms with Gasteiger partial charge in [-0.1, -0.05) is 30.3 Å². The van der Waals surface area contributed by atoms with Gasteiger partial charge in [0.1, 0.15) is 0 Å². The lowest BCUT2D eigenvalue weighted by Crippen LogP contribution is -2.19. The molecule has 1 heterocycles. The van der Waals surface area contributed by atoms with E-state index in [4.69, 9.17) is 0 Å². The van der Waals surface area contributed by atoms with Crippen LogP contribution in [0, 0.1) is 0 Å². The molecule has 4 heteroatoms. The maximum Gasteiger partial charge on any atom is 0.271 e. The van der Waals surface area contributed by atoms with Crippen molar-refractivity contribution in [2.24, 2.45) is 7.05 Å². The van der Waals surface area contributed by atoms with Crippen LogP contribution in [0.3, 0.4) is 0 Å². The molecule has 2 aromatic rings. The van der Waals surface area contributed by atoms with Crippen LogP contribution in [0.2, 0.25) is 0 Å². The second-order valence-electron chi connectivity index (χ2n) is 3.73. The van der Waals surface area contributed by atoms with Crippen LogP contribution >= 0.6 is 0 Å². The minimum atomic E-state index is 0.0215. The Bertz CT molecular complexity index is 525. The van der Waals surface area contributed by atoms with Gasteiger partial charge in [-0.2, -0.15) is 0 Å². The fourth-order valence-electron chi connectivity index (χ4n) is 1.78. The van der Waals surface area contributed by atoms with E-state index >= 15 is 0 Å². The molecule has 4 nitrogen and oxygen atoms in total. The standard InChI is InChI=1S/C12H15N3O/c1-13-8-10-11(14-15(2)12(10)16)9-6-4-3-5-7-9/h3-7,13-14H,8H2,1-2H3. The topological polar surface area (TPSA) is 49.8 Å². The van der Waals surface area contributed by atoms with Gasteiger partial charge >= 0.3 is 0 Å². The molecule has 0 aliphatic heterocycles. The zero-order valence-electron chi connectivity index (χ0n) is 9.45. The molecule has 2 N–H and O–H groups in total. The van der Waals surface area contributed by atoms with Crippen LogP contribution in [0.5, 0.6) is 0 Å². The second kappa shape index (κ2) is 4.37. The van der Waals surface area contributed by atoms with Crippen LogP contribution in [-0.2, 0) is 13.6 Å². The number of hydrogen-bond donors (Lipinski definition) is 2. The second-order valence-corrected chi connectivity index (χ2v) is 3.73. The van der Waals surface area contributed by atoms with Gasteiger partial charge in [-0.3, -0.25) is 14.6 Å². The molecule has 0 saturated heterocycles. The van der Waals surface area contributed by atoms with E-state index in [2.05, 4.69) is 10.4 Å². The van der Waals surface area contributed by atoms with E-state index in [1.54, 1.807) is 7.05 Å². The highest BCUT2D eigenvalue weighted by atomic mass is 16.1. The summed E-state index contributed by atoms with van der Waals surface area (Å²) in [7, 11) is 3.56. The van der Waals surface area contributed by atoms with Crippen molar-refractivity contribution in [2.45, 2.75) is 6.54 Å². The van der Waals surface area contributed by atoms with Crippen LogP contribution in [0.4, 0.5) is 0 Å². The Labute approximate surface area is 93.9 Å². The molecular formula is C12H15N3O. The average Bonchev–Trinajstić information content (AvgIpc) is 2.59. The molecule has 0 aliphatic rings. The zero-order valence-corrected chi connectivity index (χ0v) is 9.45. The molecule has 0 amide bonds. The number of nitrogens with one attached hydrogen (secondary N) is 2. The van der Waals surface area contributed by atoms with Crippen molar-refractivity contribution in [1.29, 1.82) is 0 Å². The first-order chi connectivity index (χ1) is 7.74. The Morgan fingerprint density at radius 2 is 2.00 bits per heavy atom. The first kappa shape index (κ1) is 10.7. The summed E-state index contributed by atoms with van der Waals surface area (Å²) in [5.74, 6) is 0. The Balaban J connectivity index is 2.57. The molecule has 0 spiro atoms. The van der Waals surface area contributed by atoms with E-state index in [1.807, 2.05) is 37.4 Å². The first-order valence-electron chi connectivity index (χ1n) is 5.22. The molecule has 1 aromatic heterocycles.